The molecule has 0 bridgehead atoms. The Morgan fingerprint density at radius 2 is 1.68 bits per heavy atom. The van der Waals surface area contributed by atoms with Crippen molar-refractivity contribution in [3.8, 4) is 0 Å². The first-order valence-corrected chi connectivity index (χ1v) is 9.13. The molecule has 0 aliphatic rings. The molecule has 1 N–H and O–H groups in total. The summed E-state index contributed by atoms with van der Waals surface area (Å²) in [6, 6.07) is 12.9. The summed E-state index contributed by atoms with van der Waals surface area (Å²) in [7, 11) is 0. The summed E-state index contributed by atoms with van der Waals surface area (Å²) in [5, 5.41) is 2.92. The van der Waals surface area contributed by atoms with E-state index in [1.165, 1.54) is 0 Å². The summed E-state index contributed by atoms with van der Waals surface area (Å²) in [4.78, 5) is 24.7. The average molecular weight is 404 g/mol. The van der Waals surface area contributed by atoms with Crippen molar-refractivity contribution >= 4 is 33.5 Å². The number of para-hydroxylation sites is 1. The van der Waals surface area contributed by atoms with Gasteiger partial charge in [-0.2, -0.15) is 0 Å². The second-order valence-electron chi connectivity index (χ2n) is 5.71. The molecule has 0 aliphatic carbocycles. The number of carbonyl (C=O) groups excluding carboxylic acids is 2. The molecule has 1 amide bonds. The Balaban J connectivity index is 2.10. The number of anilines is 1. The molecule has 0 aromatic heterocycles. The highest BCUT2D eigenvalue weighted by molar-refractivity contribution is 9.10. The Morgan fingerprint density at radius 3 is 2.24 bits per heavy atom. The van der Waals surface area contributed by atoms with Gasteiger partial charge in [0.2, 0.25) is 0 Å². The van der Waals surface area contributed by atoms with Crippen LogP contribution in [0.25, 0.3) is 0 Å². The Morgan fingerprint density at radius 1 is 1.08 bits per heavy atom. The van der Waals surface area contributed by atoms with Gasteiger partial charge in [0.05, 0.1) is 5.56 Å². The highest BCUT2D eigenvalue weighted by atomic mass is 79.9. The molecule has 0 aliphatic heterocycles. The van der Waals surface area contributed by atoms with Gasteiger partial charge in [-0.1, -0.05) is 54.0 Å². The molecule has 4 nitrogen and oxygen atoms in total. The molecule has 0 spiro atoms. The van der Waals surface area contributed by atoms with E-state index in [0.717, 1.165) is 34.1 Å². The van der Waals surface area contributed by atoms with Crippen LogP contribution in [0.2, 0.25) is 0 Å². The summed E-state index contributed by atoms with van der Waals surface area (Å²) in [5.41, 5.74) is 3.36. The minimum atomic E-state index is -0.888. The number of ether oxygens (including phenoxy) is 1. The first-order valence-electron chi connectivity index (χ1n) is 8.34. The number of halogens is 1. The molecule has 0 saturated carbocycles. The molecule has 2 aromatic rings. The fraction of sp³-hybridized carbons (Fsp3) is 0.300. The zero-order chi connectivity index (χ0) is 18.4. The second-order valence-corrected chi connectivity index (χ2v) is 6.62. The summed E-state index contributed by atoms with van der Waals surface area (Å²) in [6.45, 7) is 5.66. The quantitative estimate of drug-likeness (QED) is 0.707. The molecular weight excluding hydrogens is 382 g/mol. The number of esters is 1. The van der Waals surface area contributed by atoms with Crippen LogP contribution in [0.4, 0.5) is 5.69 Å². The van der Waals surface area contributed by atoms with Crippen molar-refractivity contribution < 1.29 is 14.3 Å². The number of rotatable bonds is 6. The van der Waals surface area contributed by atoms with Crippen molar-refractivity contribution in [1.82, 2.24) is 0 Å². The Kier molecular flexibility index (Phi) is 6.76. The lowest BCUT2D eigenvalue weighted by Gasteiger charge is -2.18. The molecular formula is C20H22BrNO3. The number of carbonyl (C=O) groups is 2. The maximum absolute atomic E-state index is 12.5. The fourth-order valence-corrected chi connectivity index (χ4v) is 2.92. The Bertz CT molecular complexity index is 751. The van der Waals surface area contributed by atoms with Crippen LogP contribution < -0.4 is 5.32 Å². The summed E-state index contributed by atoms with van der Waals surface area (Å²) >= 11 is 3.31. The van der Waals surface area contributed by atoms with Gasteiger partial charge in [-0.05, 0) is 49.1 Å². The van der Waals surface area contributed by atoms with Gasteiger partial charge in [-0.15, -0.1) is 0 Å². The van der Waals surface area contributed by atoms with Crippen LogP contribution in [0.1, 0.15) is 42.3 Å². The summed E-state index contributed by atoms with van der Waals surface area (Å²) < 4.78 is 6.08. The molecule has 1 atom stereocenters. The first-order chi connectivity index (χ1) is 12.0. The molecule has 0 heterocycles. The summed E-state index contributed by atoms with van der Waals surface area (Å²) in [5.74, 6) is -0.859. The van der Waals surface area contributed by atoms with Crippen LogP contribution in [0.3, 0.4) is 0 Å². The maximum atomic E-state index is 12.5. The van der Waals surface area contributed by atoms with Gasteiger partial charge in [-0.3, -0.25) is 4.79 Å². The SMILES string of the molecule is CCc1cccc(CC)c1NC(=O)[C@@H](C)OC(=O)c1cccc(Br)c1. The van der Waals surface area contributed by atoms with Gasteiger partial charge in [0.1, 0.15) is 0 Å². The Hall–Kier alpha value is -2.14. The number of nitrogens with one attached hydrogen (secondary N) is 1. The maximum Gasteiger partial charge on any atom is 0.338 e. The lowest BCUT2D eigenvalue weighted by molar-refractivity contribution is -0.123. The highest BCUT2D eigenvalue weighted by Crippen LogP contribution is 2.23. The summed E-state index contributed by atoms with van der Waals surface area (Å²) in [6.07, 6.45) is 0.742. The van der Waals surface area contributed by atoms with E-state index in [2.05, 4.69) is 21.2 Å². The lowest BCUT2D eigenvalue weighted by Crippen LogP contribution is -2.30. The first kappa shape index (κ1) is 19.2. The number of hydrogen-bond donors (Lipinski definition) is 1. The zero-order valence-electron chi connectivity index (χ0n) is 14.6. The zero-order valence-corrected chi connectivity index (χ0v) is 16.2. The largest absolute Gasteiger partial charge is 0.449 e. The number of aryl methyl sites for hydroxylation is 2. The van der Waals surface area contributed by atoms with Gasteiger partial charge in [0.15, 0.2) is 6.10 Å². The predicted octanol–water partition coefficient (Wildman–Crippen LogP) is 4.76. The van der Waals surface area contributed by atoms with Crippen LogP contribution in [0.5, 0.6) is 0 Å². The lowest BCUT2D eigenvalue weighted by atomic mass is 10.0. The van der Waals surface area contributed by atoms with E-state index < -0.39 is 12.1 Å². The normalized spacial score (nSPS) is 11.7. The van der Waals surface area contributed by atoms with Gasteiger partial charge in [-0.25, -0.2) is 4.79 Å². The molecule has 0 radical (unpaired) electrons. The molecule has 0 unspecified atom stereocenters. The molecule has 2 rings (SSSR count). The minimum absolute atomic E-state index is 0.334. The number of benzene rings is 2. The average Bonchev–Trinajstić information content (AvgIpc) is 2.61. The van der Waals surface area contributed by atoms with Crippen molar-refractivity contribution in [3.63, 3.8) is 0 Å². The molecule has 2 aromatic carbocycles. The van der Waals surface area contributed by atoms with Crippen molar-refractivity contribution in [1.29, 1.82) is 0 Å². The third kappa shape index (κ3) is 4.92. The predicted molar refractivity (Wildman–Crippen MR) is 103 cm³/mol. The molecule has 25 heavy (non-hydrogen) atoms. The third-order valence-corrected chi connectivity index (χ3v) is 4.45. The Labute approximate surface area is 156 Å². The van der Waals surface area contributed by atoms with E-state index in [-0.39, 0.29) is 5.91 Å². The molecule has 0 saturated heterocycles. The topological polar surface area (TPSA) is 55.4 Å². The van der Waals surface area contributed by atoms with E-state index in [4.69, 9.17) is 4.74 Å². The van der Waals surface area contributed by atoms with Crippen molar-refractivity contribution in [3.05, 3.63) is 63.6 Å². The second kappa shape index (κ2) is 8.81. The minimum Gasteiger partial charge on any atom is -0.449 e. The smallest absolute Gasteiger partial charge is 0.338 e. The van der Waals surface area contributed by atoms with Crippen molar-refractivity contribution in [2.24, 2.45) is 0 Å². The monoisotopic (exact) mass is 403 g/mol. The van der Waals surface area contributed by atoms with E-state index in [9.17, 15) is 9.59 Å². The number of hydrogen-bond acceptors (Lipinski definition) is 3. The van der Waals surface area contributed by atoms with Gasteiger partial charge >= 0.3 is 5.97 Å². The van der Waals surface area contributed by atoms with E-state index in [1.807, 2.05) is 38.1 Å². The van der Waals surface area contributed by atoms with Crippen LogP contribution in [-0.2, 0) is 22.4 Å². The highest BCUT2D eigenvalue weighted by Gasteiger charge is 2.20. The van der Waals surface area contributed by atoms with Crippen molar-refractivity contribution in [2.75, 3.05) is 5.32 Å². The van der Waals surface area contributed by atoms with Crippen LogP contribution in [-0.4, -0.2) is 18.0 Å². The fourth-order valence-electron chi connectivity index (χ4n) is 2.53. The van der Waals surface area contributed by atoms with Gasteiger partial charge in [0.25, 0.3) is 5.91 Å². The molecule has 5 heteroatoms. The van der Waals surface area contributed by atoms with Crippen LogP contribution in [0.15, 0.2) is 46.9 Å². The van der Waals surface area contributed by atoms with Crippen LogP contribution in [0, 0.1) is 0 Å². The van der Waals surface area contributed by atoms with E-state index >= 15 is 0 Å². The molecule has 0 fully saturated rings. The third-order valence-electron chi connectivity index (χ3n) is 3.96. The number of amides is 1. The van der Waals surface area contributed by atoms with Crippen molar-refractivity contribution in [2.45, 2.75) is 39.7 Å². The standard InChI is InChI=1S/C20H22BrNO3/c1-4-14-8-6-9-15(5-2)18(14)22-19(23)13(3)25-20(24)16-10-7-11-17(21)12-16/h6-13H,4-5H2,1-3H3,(H,22,23)/t13-/m1/s1. The van der Waals surface area contributed by atoms with E-state index in [0.29, 0.717) is 5.56 Å². The van der Waals surface area contributed by atoms with E-state index in [1.54, 1.807) is 25.1 Å². The van der Waals surface area contributed by atoms with Gasteiger partial charge in [0, 0.05) is 10.2 Å². The van der Waals surface area contributed by atoms with Gasteiger partial charge < -0.3 is 10.1 Å². The molecule has 132 valence electrons. The van der Waals surface area contributed by atoms with Crippen LogP contribution >= 0.6 is 15.9 Å².